The van der Waals surface area contributed by atoms with Crippen LogP contribution < -0.4 is 14.2 Å². The summed E-state index contributed by atoms with van der Waals surface area (Å²) in [7, 11) is -3.67. The minimum Gasteiger partial charge on any atom is -0.490 e. The first kappa shape index (κ1) is 19.7. The Labute approximate surface area is 170 Å². The zero-order valence-corrected chi connectivity index (χ0v) is 16.8. The largest absolute Gasteiger partial charge is 0.490 e. The average molecular weight is 417 g/mol. The predicted molar refractivity (Wildman–Crippen MR) is 106 cm³/mol. The van der Waals surface area contributed by atoms with Crippen LogP contribution in [-0.4, -0.2) is 45.0 Å². The molecular weight excluding hydrogens is 394 g/mol. The average Bonchev–Trinajstić information content (AvgIpc) is 2.99. The normalized spacial score (nSPS) is 18.1. The summed E-state index contributed by atoms with van der Waals surface area (Å²) in [6.45, 7) is 1.58. The minimum absolute atomic E-state index is 0.173. The highest BCUT2D eigenvalue weighted by Gasteiger charge is 2.33. The van der Waals surface area contributed by atoms with Crippen molar-refractivity contribution in [3.8, 4) is 17.2 Å². The van der Waals surface area contributed by atoms with Crippen LogP contribution in [0.4, 0.5) is 0 Å². The molecule has 2 aliphatic rings. The quantitative estimate of drug-likeness (QED) is 0.562. The lowest BCUT2D eigenvalue weighted by Gasteiger charge is -2.30. The summed E-state index contributed by atoms with van der Waals surface area (Å²) in [4.78, 5) is 12.5. The van der Waals surface area contributed by atoms with Crippen molar-refractivity contribution < 1.29 is 27.4 Å². The zero-order chi connectivity index (χ0) is 20.3. The number of nitrogens with zero attached hydrogens (tertiary/aromatic N) is 1. The van der Waals surface area contributed by atoms with E-state index in [0.717, 1.165) is 6.42 Å². The summed E-state index contributed by atoms with van der Waals surface area (Å²) in [6.07, 6.45) is 1.61. The van der Waals surface area contributed by atoms with Crippen molar-refractivity contribution in [3.63, 3.8) is 0 Å². The Morgan fingerprint density at radius 2 is 1.66 bits per heavy atom. The molecule has 4 rings (SSSR count). The second kappa shape index (κ2) is 8.42. The van der Waals surface area contributed by atoms with Crippen molar-refractivity contribution in [2.75, 3.05) is 26.3 Å². The van der Waals surface area contributed by atoms with Crippen LogP contribution in [0.3, 0.4) is 0 Å². The van der Waals surface area contributed by atoms with E-state index in [1.165, 1.54) is 10.4 Å². The number of esters is 1. The lowest BCUT2D eigenvalue weighted by molar-refractivity contribution is -0.140. The third-order valence-electron chi connectivity index (χ3n) is 5.11. The monoisotopic (exact) mass is 417 g/mol. The molecule has 0 saturated carbocycles. The predicted octanol–water partition coefficient (Wildman–Crippen LogP) is 2.85. The Bertz CT molecular complexity index is 968. The van der Waals surface area contributed by atoms with Gasteiger partial charge in [-0.15, -0.1) is 0 Å². The molecule has 0 aliphatic carbocycles. The maximum Gasteiger partial charge on any atom is 0.314 e. The van der Waals surface area contributed by atoms with Crippen molar-refractivity contribution in [2.45, 2.75) is 24.2 Å². The molecule has 0 bridgehead atoms. The fraction of sp³-hybridized carbons (Fsp3) is 0.381. The van der Waals surface area contributed by atoms with Crippen molar-refractivity contribution in [3.05, 3.63) is 48.5 Å². The van der Waals surface area contributed by atoms with E-state index in [1.54, 1.807) is 36.4 Å². The zero-order valence-electron chi connectivity index (χ0n) is 16.0. The number of sulfonamides is 1. The maximum absolute atomic E-state index is 13.0. The van der Waals surface area contributed by atoms with Crippen molar-refractivity contribution in [1.82, 2.24) is 4.31 Å². The van der Waals surface area contributed by atoms with E-state index in [1.807, 2.05) is 6.07 Å². The first-order valence-corrected chi connectivity index (χ1v) is 11.1. The van der Waals surface area contributed by atoms with Crippen LogP contribution in [0.5, 0.6) is 17.2 Å². The number of carbonyl (C=O) groups is 1. The number of rotatable bonds is 4. The number of carbonyl (C=O) groups excluding carboxylic acids is 1. The SMILES string of the molecule is O=C(Oc1ccccc1)C1CCN(S(=O)(=O)c2ccc3c(c2)OCCCO3)CC1. The van der Waals surface area contributed by atoms with E-state index in [0.29, 0.717) is 43.3 Å². The van der Waals surface area contributed by atoms with Gasteiger partial charge in [0, 0.05) is 25.6 Å². The van der Waals surface area contributed by atoms with Crippen molar-refractivity contribution in [1.29, 1.82) is 0 Å². The van der Waals surface area contributed by atoms with Gasteiger partial charge in [0.1, 0.15) is 5.75 Å². The highest BCUT2D eigenvalue weighted by atomic mass is 32.2. The molecule has 2 aromatic carbocycles. The highest BCUT2D eigenvalue weighted by molar-refractivity contribution is 7.89. The molecule has 0 spiro atoms. The number of para-hydroxylation sites is 1. The standard InChI is InChI=1S/C21H23NO6S/c23-21(28-17-5-2-1-3-6-17)16-9-11-22(12-10-16)29(24,25)18-7-8-19-20(15-18)27-14-4-13-26-19/h1-3,5-8,15-16H,4,9-14H2. The van der Waals surface area contributed by atoms with E-state index < -0.39 is 10.0 Å². The Morgan fingerprint density at radius 3 is 2.38 bits per heavy atom. The van der Waals surface area contributed by atoms with Crippen LogP contribution in [0.1, 0.15) is 19.3 Å². The molecule has 0 atom stereocenters. The van der Waals surface area contributed by atoms with E-state index in [4.69, 9.17) is 14.2 Å². The summed E-state index contributed by atoms with van der Waals surface area (Å²) in [5.41, 5.74) is 0. The van der Waals surface area contributed by atoms with Crippen LogP contribution >= 0.6 is 0 Å². The van der Waals surface area contributed by atoms with E-state index in [2.05, 4.69) is 0 Å². The van der Waals surface area contributed by atoms with Gasteiger partial charge in [0.05, 0.1) is 24.0 Å². The molecule has 1 saturated heterocycles. The molecule has 0 amide bonds. The van der Waals surface area contributed by atoms with E-state index in [9.17, 15) is 13.2 Å². The third-order valence-corrected chi connectivity index (χ3v) is 7.00. The van der Waals surface area contributed by atoms with Crippen LogP contribution in [0.2, 0.25) is 0 Å². The Kier molecular flexibility index (Phi) is 5.73. The molecule has 0 N–H and O–H groups in total. The summed E-state index contributed by atoms with van der Waals surface area (Å²) < 4.78 is 44.1. The molecule has 1 fully saturated rings. The topological polar surface area (TPSA) is 82.1 Å². The third kappa shape index (κ3) is 4.38. The van der Waals surface area contributed by atoms with Crippen molar-refractivity contribution in [2.24, 2.45) is 5.92 Å². The molecule has 8 heteroatoms. The molecule has 2 heterocycles. The lowest BCUT2D eigenvalue weighted by atomic mass is 9.98. The number of hydrogen-bond donors (Lipinski definition) is 0. The Hall–Kier alpha value is -2.58. The number of fused-ring (bicyclic) bond motifs is 1. The lowest BCUT2D eigenvalue weighted by Crippen LogP contribution is -2.41. The van der Waals surface area contributed by atoms with Crippen LogP contribution in [0, 0.1) is 5.92 Å². The molecule has 0 unspecified atom stereocenters. The molecule has 2 aromatic rings. The summed E-state index contributed by atoms with van der Waals surface area (Å²) in [5, 5.41) is 0. The van der Waals surface area contributed by atoms with E-state index in [-0.39, 0.29) is 29.9 Å². The van der Waals surface area contributed by atoms with Gasteiger partial charge in [0.2, 0.25) is 10.0 Å². The molecule has 0 aromatic heterocycles. The van der Waals surface area contributed by atoms with Gasteiger partial charge >= 0.3 is 5.97 Å². The summed E-state index contributed by atoms with van der Waals surface area (Å²) >= 11 is 0. The van der Waals surface area contributed by atoms with Gasteiger partial charge in [-0.2, -0.15) is 4.31 Å². The van der Waals surface area contributed by atoms with Gasteiger partial charge in [0.15, 0.2) is 11.5 Å². The van der Waals surface area contributed by atoms with Crippen molar-refractivity contribution >= 4 is 16.0 Å². The van der Waals surface area contributed by atoms with Gasteiger partial charge in [-0.05, 0) is 37.1 Å². The van der Waals surface area contributed by atoms with Gasteiger partial charge in [-0.3, -0.25) is 4.79 Å². The number of hydrogen-bond acceptors (Lipinski definition) is 6. The fourth-order valence-corrected chi connectivity index (χ4v) is 4.96. The van der Waals surface area contributed by atoms with Gasteiger partial charge in [0.25, 0.3) is 0 Å². The highest BCUT2D eigenvalue weighted by Crippen LogP contribution is 2.34. The molecule has 2 aliphatic heterocycles. The van der Waals surface area contributed by atoms with Gasteiger partial charge < -0.3 is 14.2 Å². The van der Waals surface area contributed by atoms with Gasteiger partial charge in [-0.25, -0.2) is 8.42 Å². The number of ether oxygens (including phenoxy) is 3. The van der Waals surface area contributed by atoms with Crippen LogP contribution in [-0.2, 0) is 14.8 Å². The Balaban J connectivity index is 1.41. The summed E-state index contributed by atoms with van der Waals surface area (Å²) in [5.74, 6) is 0.878. The van der Waals surface area contributed by atoms with Crippen LogP contribution in [0.25, 0.3) is 0 Å². The fourth-order valence-electron chi connectivity index (χ4n) is 3.47. The minimum atomic E-state index is -3.67. The second-order valence-corrected chi connectivity index (χ2v) is 9.01. The summed E-state index contributed by atoms with van der Waals surface area (Å²) in [6, 6.07) is 13.6. The number of benzene rings is 2. The molecule has 0 radical (unpaired) electrons. The number of piperidine rings is 1. The molecular formula is C21H23NO6S. The first-order valence-electron chi connectivity index (χ1n) is 9.70. The van der Waals surface area contributed by atoms with E-state index >= 15 is 0 Å². The Morgan fingerprint density at radius 1 is 0.966 bits per heavy atom. The smallest absolute Gasteiger partial charge is 0.314 e. The first-order chi connectivity index (χ1) is 14.0. The maximum atomic E-state index is 13.0. The van der Waals surface area contributed by atoms with Gasteiger partial charge in [-0.1, -0.05) is 18.2 Å². The second-order valence-electron chi connectivity index (χ2n) is 7.07. The molecule has 7 nitrogen and oxygen atoms in total. The molecule has 154 valence electrons. The van der Waals surface area contributed by atoms with Crippen LogP contribution in [0.15, 0.2) is 53.4 Å². The molecule has 29 heavy (non-hydrogen) atoms.